The molecule has 0 spiro atoms. The number of carbonyl (C=O) groups excluding carboxylic acids is 1. The summed E-state index contributed by atoms with van der Waals surface area (Å²) in [7, 11) is 1.96. The van der Waals surface area contributed by atoms with Crippen LogP contribution in [-0.2, 0) is 11.3 Å². The maximum atomic E-state index is 12.7. The largest absolute Gasteiger partial charge is 0.482 e. The zero-order chi connectivity index (χ0) is 23.7. The molecule has 0 aliphatic carbocycles. The minimum Gasteiger partial charge on any atom is -0.482 e. The number of anilines is 3. The van der Waals surface area contributed by atoms with Crippen molar-refractivity contribution in [2.45, 2.75) is 20.4 Å². The highest BCUT2D eigenvalue weighted by Crippen LogP contribution is 2.37. The number of rotatable bonds is 5. The third-order valence-corrected chi connectivity index (χ3v) is 5.80. The zero-order valence-corrected chi connectivity index (χ0v) is 19.4. The quantitative estimate of drug-likeness (QED) is 0.432. The first-order valence-corrected chi connectivity index (χ1v) is 11.1. The predicted octanol–water partition coefficient (Wildman–Crippen LogP) is 4.85. The normalized spacial score (nSPS) is 12.8. The van der Waals surface area contributed by atoms with Gasteiger partial charge in [0.05, 0.1) is 17.9 Å². The lowest BCUT2D eigenvalue weighted by atomic mass is 10.1. The Kier molecular flexibility index (Phi) is 5.67. The van der Waals surface area contributed by atoms with Gasteiger partial charge in [-0.15, -0.1) is 0 Å². The first-order chi connectivity index (χ1) is 16.5. The molecule has 0 bridgehead atoms. The number of aromatic nitrogens is 3. The summed E-state index contributed by atoms with van der Waals surface area (Å²) in [4.78, 5) is 29.9. The van der Waals surface area contributed by atoms with Gasteiger partial charge in [-0.3, -0.25) is 9.78 Å². The summed E-state index contributed by atoms with van der Waals surface area (Å²) < 4.78 is 5.69. The Labute approximate surface area is 198 Å². The molecule has 1 amide bonds. The van der Waals surface area contributed by atoms with Crippen LogP contribution in [0.4, 0.5) is 17.3 Å². The van der Waals surface area contributed by atoms with Crippen molar-refractivity contribution in [3.05, 3.63) is 89.9 Å². The van der Waals surface area contributed by atoms with Gasteiger partial charge in [-0.05, 0) is 73.0 Å². The number of aryl methyl sites for hydroxylation is 2. The molecular formula is C27H25N5O2. The molecule has 0 radical (unpaired) electrons. The minimum atomic E-state index is -0.0913. The highest BCUT2D eigenvalue weighted by molar-refractivity contribution is 5.98. The van der Waals surface area contributed by atoms with Gasteiger partial charge in [0.1, 0.15) is 5.75 Å². The summed E-state index contributed by atoms with van der Waals surface area (Å²) in [5.74, 6) is 1.18. The van der Waals surface area contributed by atoms with E-state index in [1.165, 1.54) is 11.1 Å². The van der Waals surface area contributed by atoms with Gasteiger partial charge in [-0.2, -0.15) is 0 Å². The summed E-state index contributed by atoms with van der Waals surface area (Å²) in [6.07, 6.45) is 5.25. The van der Waals surface area contributed by atoms with E-state index >= 15 is 0 Å². The smallest absolute Gasteiger partial charge is 0.265 e. The number of nitrogens with zero attached hydrogens (tertiary/aromatic N) is 5. The monoisotopic (exact) mass is 451 g/mol. The van der Waals surface area contributed by atoms with E-state index in [0.29, 0.717) is 18.2 Å². The molecule has 170 valence electrons. The van der Waals surface area contributed by atoms with Crippen LogP contribution >= 0.6 is 0 Å². The number of hydrogen-bond acceptors (Lipinski definition) is 6. The molecule has 5 rings (SSSR count). The highest BCUT2D eigenvalue weighted by Gasteiger charge is 2.26. The fourth-order valence-electron chi connectivity index (χ4n) is 4.14. The molecule has 2 aromatic carbocycles. The average molecular weight is 452 g/mol. The minimum absolute atomic E-state index is 0.0188. The number of carbonyl (C=O) groups is 1. The summed E-state index contributed by atoms with van der Waals surface area (Å²) in [6, 6.07) is 17.9. The van der Waals surface area contributed by atoms with Crippen molar-refractivity contribution in [1.29, 1.82) is 0 Å². The van der Waals surface area contributed by atoms with Crippen molar-refractivity contribution in [3.63, 3.8) is 0 Å². The van der Waals surface area contributed by atoms with Gasteiger partial charge in [-0.1, -0.05) is 12.1 Å². The summed E-state index contributed by atoms with van der Waals surface area (Å²) in [5.41, 5.74) is 6.72. The molecule has 2 aromatic heterocycles. The van der Waals surface area contributed by atoms with Crippen LogP contribution in [0.5, 0.6) is 5.75 Å². The molecule has 0 saturated heterocycles. The number of fused-ring (bicyclic) bond motifs is 1. The Morgan fingerprint density at radius 3 is 2.62 bits per heavy atom. The number of hydrogen-bond donors (Lipinski definition) is 0. The standard InChI is InChI=1S/C27H25N5O2/c1-18-11-19(2)13-22(12-18)31(3)27-29-10-8-23(30-27)21-6-7-25-24(14-21)32(26(33)17-34-25)16-20-5-4-9-28-15-20/h4-15H,16-17H2,1-3H3. The first kappa shape index (κ1) is 21.6. The van der Waals surface area contributed by atoms with Gasteiger partial charge in [-0.25, -0.2) is 9.97 Å². The molecule has 34 heavy (non-hydrogen) atoms. The van der Waals surface area contributed by atoms with Crippen LogP contribution in [0.2, 0.25) is 0 Å². The van der Waals surface area contributed by atoms with E-state index in [4.69, 9.17) is 9.72 Å². The number of ether oxygens (including phenoxy) is 1. The first-order valence-electron chi connectivity index (χ1n) is 11.1. The lowest BCUT2D eigenvalue weighted by molar-refractivity contribution is -0.121. The van der Waals surface area contributed by atoms with Crippen molar-refractivity contribution < 1.29 is 9.53 Å². The number of amides is 1. The molecule has 1 aliphatic rings. The Bertz CT molecular complexity index is 1340. The second-order valence-corrected chi connectivity index (χ2v) is 8.46. The topological polar surface area (TPSA) is 71.5 Å². The van der Waals surface area contributed by atoms with E-state index in [1.807, 2.05) is 48.3 Å². The maximum Gasteiger partial charge on any atom is 0.265 e. The van der Waals surface area contributed by atoms with E-state index < -0.39 is 0 Å². The van der Waals surface area contributed by atoms with Gasteiger partial charge in [0.25, 0.3) is 5.91 Å². The maximum absolute atomic E-state index is 12.7. The van der Waals surface area contributed by atoms with E-state index in [1.54, 1.807) is 23.5 Å². The molecule has 0 unspecified atom stereocenters. The summed E-state index contributed by atoms with van der Waals surface area (Å²) in [6.45, 7) is 4.60. The molecule has 0 saturated carbocycles. The second-order valence-electron chi connectivity index (χ2n) is 8.46. The van der Waals surface area contributed by atoms with Crippen molar-refractivity contribution in [2.75, 3.05) is 23.5 Å². The van der Waals surface area contributed by atoms with Gasteiger partial charge in [0.2, 0.25) is 5.95 Å². The van der Waals surface area contributed by atoms with Gasteiger partial charge in [0, 0.05) is 36.9 Å². The number of benzene rings is 2. The Balaban J connectivity index is 1.49. The van der Waals surface area contributed by atoms with Crippen LogP contribution in [0.15, 0.2) is 73.2 Å². The molecular weight excluding hydrogens is 426 g/mol. The average Bonchev–Trinajstić information content (AvgIpc) is 2.85. The van der Waals surface area contributed by atoms with Crippen molar-refractivity contribution >= 4 is 23.2 Å². The van der Waals surface area contributed by atoms with Crippen molar-refractivity contribution in [3.8, 4) is 17.0 Å². The van der Waals surface area contributed by atoms with Crippen LogP contribution in [0.1, 0.15) is 16.7 Å². The molecule has 1 aliphatic heterocycles. The molecule has 3 heterocycles. The molecule has 4 aromatic rings. The fourth-order valence-corrected chi connectivity index (χ4v) is 4.14. The van der Waals surface area contributed by atoms with Crippen LogP contribution < -0.4 is 14.5 Å². The van der Waals surface area contributed by atoms with Crippen molar-refractivity contribution in [1.82, 2.24) is 15.0 Å². The van der Waals surface area contributed by atoms with E-state index in [9.17, 15) is 4.79 Å². The third-order valence-electron chi connectivity index (χ3n) is 5.80. The summed E-state index contributed by atoms with van der Waals surface area (Å²) >= 11 is 0. The Morgan fingerprint density at radius 2 is 1.85 bits per heavy atom. The lowest BCUT2D eigenvalue weighted by Gasteiger charge is -2.30. The molecule has 0 fully saturated rings. The summed E-state index contributed by atoms with van der Waals surface area (Å²) in [5, 5.41) is 0. The second kappa shape index (κ2) is 8.94. The van der Waals surface area contributed by atoms with Crippen LogP contribution in [-0.4, -0.2) is 34.5 Å². The fraction of sp³-hybridized carbons (Fsp3) is 0.185. The Morgan fingerprint density at radius 1 is 1.03 bits per heavy atom. The highest BCUT2D eigenvalue weighted by atomic mass is 16.5. The molecule has 7 nitrogen and oxygen atoms in total. The van der Waals surface area contributed by atoms with Gasteiger partial charge in [0.15, 0.2) is 6.61 Å². The lowest BCUT2D eigenvalue weighted by Crippen LogP contribution is -2.38. The Hall–Kier alpha value is -4.26. The third kappa shape index (κ3) is 4.32. The van der Waals surface area contributed by atoms with Gasteiger partial charge >= 0.3 is 0 Å². The molecule has 0 N–H and O–H groups in total. The SMILES string of the molecule is Cc1cc(C)cc(N(C)c2nccc(-c3ccc4c(c3)N(Cc3cccnc3)C(=O)CO4)n2)c1. The van der Waals surface area contributed by atoms with Crippen LogP contribution in [0.25, 0.3) is 11.3 Å². The zero-order valence-electron chi connectivity index (χ0n) is 19.4. The predicted molar refractivity (Wildman–Crippen MR) is 132 cm³/mol. The van der Waals surface area contributed by atoms with E-state index in [0.717, 1.165) is 28.2 Å². The van der Waals surface area contributed by atoms with E-state index in [2.05, 4.69) is 42.0 Å². The molecule has 0 atom stereocenters. The number of pyridine rings is 1. The van der Waals surface area contributed by atoms with Gasteiger partial charge < -0.3 is 14.5 Å². The van der Waals surface area contributed by atoms with Crippen LogP contribution in [0.3, 0.4) is 0 Å². The van der Waals surface area contributed by atoms with Crippen LogP contribution in [0, 0.1) is 13.8 Å². The molecule has 7 heteroatoms. The van der Waals surface area contributed by atoms with E-state index in [-0.39, 0.29) is 12.5 Å². The van der Waals surface area contributed by atoms with Crippen molar-refractivity contribution in [2.24, 2.45) is 0 Å².